The summed E-state index contributed by atoms with van der Waals surface area (Å²) in [6.07, 6.45) is 62.5. The third-order valence-corrected chi connectivity index (χ3v) is 17.4. The molecule has 12 unspecified atom stereocenters. The predicted molar refractivity (Wildman–Crippen MR) is 360 cm³/mol. The van der Waals surface area contributed by atoms with E-state index < -0.39 is 86.8 Å². The first-order valence-corrected chi connectivity index (χ1v) is 36.2. The number of hydrogen-bond acceptors (Lipinski definition) is 13. The van der Waals surface area contributed by atoms with Gasteiger partial charge in [-0.05, 0) is 70.6 Å². The normalized spacial score (nSPS) is 23.6. The van der Waals surface area contributed by atoms with Gasteiger partial charge in [0.25, 0.3) is 0 Å². The van der Waals surface area contributed by atoms with Crippen molar-refractivity contribution in [3.8, 4) is 0 Å². The number of aliphatic hydroxyl groups excluding tert-OH is 8. The fourth-order valence-corrected chi connectivity index (χ4v) is 11.7. The van der Waals surface area contributed by atoms with Crippen molar-refractivity contribution >= 4 is 5.91 Å². The van der Waals surface area contributed by atoms with Gasteiger partial charge in [0.05, 0.1) is 32.0 Å². The van der Waals surface area contributed by atoms with Crippen molar-refractivity contribution in [2.75, 3.05) is 19.8 Å². The summed E-state index contributed by atoms with van der Waals surface area (Å²) >= 11 is 0. The van der Waals surface area contributed by atoms with Gasteiger partial charge in [-0.3, -0.25) is 4.79 Å². The Labute approximate surface area is 536 Å². The van der Waals surface area contributed by atoms with Crippen LogP contribution < -0.4 is 5.32 Å². The van der Waals surface area contributed by atoms with Gasteiger partial charge in [-0.25, -0.2) is 0 Å². The molecule has 1 amide bonds. The van der Waals surface area contributed by atoms with E-state index in [2.05, 4.69) is 79.9 Å². The van der Waals surface area contributed by atoms with Crippen LogP contribution in [0.4, 0.5) is 0 Å². The van der Waals surface area contributed by atoms with Crippen molar-refractivity contribution in [3.63, 3.8) is 0 Å². The summed E-state index contributed by atoms with van der Waals surface area (Å²) in [7, 11) is 0. The second-order valence-electron chi connectivity index (χ2n) is 25.3. The summed E-state index contributed by atoms with van der Waals surface area (Å²) in [5.41, 5.74) is 0. The van der Waals surface area contributed by atoms with Crippen LogP contribution in [0.25, 0.3) is 0 Å². The van der Waals surface area contributed by atoms with Crippen LogP contribution in [0.15, 0.2) is 72.9 Å². The molecular formula is C74H133NO13. The standard InChI is InChI=1S/C74H133NO13/c1-3-5-7-9-11-13-15-17-19-21-23-25-27-29-31-33-35-37-39-41-43-45-47-49-51-53-55-57-63(78)62(61-85-73-71(84)69(82)72(65(60-77)87-73)88-74-70(83)68(81)67(80)64(59-76)86-74)75-66(79)58-56-54-52-50-48-46-44-42-40-38-36-34-32-30-28-26-24-22-20-18-16-14-12-10-8-6-4-2/h6,8,12,14,18,20,24,26,47,49,55,57,62-65,67-74,76-78,80-84H,3-5,7,9-11,13,15-17,19,21-23,25,27-46,48,50-54,56,58-61H2,1-2H3,(H,75,79)/b8-6-,14-12-,20-18-,26-24-,49-47+,57-55+. The van der Waals surface area contributed by atoms with E-state index in [1.807, 2.05) is 6.08 Å². The van der Waals surface area contributed by atoms with Gasteiger partial charge in [0, 0.05) is 6.42 Å². The number of carbonyl (C=O) groups excluding carboxylic acids is 1. The number of carbonyl (C=O) groups is 1. The monoisotopic (exact) mass is 1240 g/mol. The molecule has 2 fully saturated rings. The third kappa shape index (κ3) is 41.8. The van der Waals surface area contributed by atoms with Crippen molar-refractivity contribution in [3.05, 3.63) is 72.9 Å². The Hall–Kier alpha value is -2.57. The lowest BCUT2D eigenvalue weighted by molar-refractivity contribution is -0.359. The maximum Gasteiger partial charge on any atom is 0.220 e. The van der Waals surface area contributed by atoms with E-state index in [1.165, 1.54) is 205 Å². The topological polar surface area (TPSA) is 228 Å². The lowest BCUT2D eigenvalue weighted by Gasteiger charge is -2.46. The minimum Gasteiger partial charge on any atom is -0.394 e. The Morgan fingerprint density at radius 1 is 0.420 bits per heavy atom. The Morgan fingerprint density at radius 2 is 0.795 bits per heavy atom. The van der Waals surface area contributed by atoms with Gasteiger partial charge >= 0.3 is 0 Å². The van der Waals surface area contributed by atoms with Crippen LogP contribution in [0.1, 0.15) is 296 Å². The molecule has 9 N–H and O–H groups in total. The molecule has 0 spiro atoms. The highest BCUT2D eigenvalue weighted by Gasteiger charge is 2.51. The van der Waals surface area contributed by atoms with Crippen molar-refractivity contribution in [2.24, 2.45) is 0 Å². The number of allylic oxidation sites excluding steroid dienone is 11. The third-order valence-electron chi connectivity index (χ3n) is 17.4. The minimum atomic E-state index is -1.79. The SMILES string of the molecule is CC/C=C\C/C=C\C/C=C\C/C=C\CCCCCCCCCCCCCCCCC(=O)NC(COC1OC(CO)C(OC2OC(CO)C(O)C(O)C2O)C(O)C1O)C(O)/C=C/CC/C=C/CCCCCCCCCCCCCCCCCCCCCCC. The molecule has 512 valence electrons. The molecule has 14 nitrogen and oxygen atoms in total. The number of hydrogen-bond donors (Lipinski definition) is 9. The molecule has 0 aromatic rings. The summed E-state index contributed by atoms with van der Waals surface area (Å²) < 4.78 is 22.9. The van der Waals surface area contributed by atoms with Crippen LogP contribution in [0.2, 0.25) is 0 Å². The summed E-state index contributed by atoms with van der Waals surface area (Å²) in [5, 5.41) is 87.5. The molecule has 0 aliphatic carbocycles. The number of unbranched alkanes of at least 4 members (excludes halogenated alkanes) is 36. The van der Waals surface area contributed by atoms with Crippen LogP contribution >= 0.6 is 0 Å². The van der Waals surface area contributed by atoms with E-state index in [-0.39, 0.29) is 18.9 Å². The smallest absolute Gasteiger partial charge is 0.220 e. The van der Waals surface area contributed by atoms with Gasteiger partial charge < -0.3 is 65.1 Å². The maximum atomic E-state index is 13.3. The lowest BCUT2D eigenvalue weighted by Crippen LogP contribution is -2.65. The quantitative estimate of drug-likeness (QED) is 0.0204. The number of nitrogens with one attached hydrogen (secondary N) is 1. The average molecular weight is 1240 g/mol. The van der Waals surface area contributed by atoms with Crippen LogP contribution in [0, 0.1) is 0 Å². The molecule has 14 heteroatoms. The highest BCUT2D eigenvalue weighted by molar-refractivity contribution is 5.76. The Morgan fingerprint density at radius 3 is 1.25 bits per heavy atom. The van der Waals surface area contributed by atoms with E-state index in [0.29, 0.717) is 12.8 Å². The molecule has 2 aliphatic rings. The zero-order chi connectivity index (χ0) is 63.8. The number of ether oxygens (including phenoxy) is 4. The predicted octanol–water partition coefficient (Wildman–Crippen LogP) is 15.0. The van der Waals surface area contributed by atoms with Gasteiger partial charge in [0.15, 0.2) is 12.6 Å². The van der Waals surface area contributed by atoms with Crippen LogP contribution in [-0.2, 0) is 23.7 Å². The largest absolute Gasteiger partial charge is 0.394 e. The molecule has 0 aromatic heterocycles. The number of amides is 1. The second kappa shape index (κ2) is 58.3. The molecule has 12 atom stereocenters. The minimum absolute atomic E-state index is 0.249. The summed E-state index contributed by atoms with van der Waals surface area (Å²) in [6, 6.07) is -0.937. The van der Waals surface area contributed by atoms with Crippen LogP contribution in [-0.4, -0.2) is 140 Å². The Balaban J connectivity index is 1.69. The van der Waals surface area contributed by atoms with Gasteiger partial charge in [-0.2, -0.15) is 0 Å². The molecule has 2 aliphatic heterocycles. The van der Waals surface area contributed by atoms with Gasteiger partial charge in [-0.15, -0.1) is 0 Å². The molecule has 88 heavy (non-hydrogen) atoms. The van der Waals surface area contributed by atoms with Crippen molar-refractivity contribution in [2.45, 2.75) is 370 Å². The van der Waals surface area contributed by atoms with Crippen molar-refractivity contribution in [1.29, 1.82) is 0 Å². The van der Waals surface area contributed by atoms with Crippen molar-refractivity contribution in [1.82, 2.24) is 5.32 Å². The van der Waals surface area contributed by atoms with E-state index in [1.54, 1.807) is 6.08 Å². The fourth-order valence-electron chi connectivity index (χ4n) is 11.7. The molecule has 0 saturated carbocycles. The van der Waals surface area contributed by atoms with E-state index in [0.717, 1.165) is 57.8 Å². The molecular weight excluding hydrogens is 1110 g/mol. The first-order chi connectivity index (χ1) is 43.1. The number of aliphatic hydroxyl groups is 8. The molecule has 2 heterocycles. The number of rotatable bonds is 59. The zero-order valence-corrected chi connectivity index (χ0v) is 55.7. The molecule has 0 bridgehead atoms. The van der Waals surface area contributed by atoms with Gasteiger partial charge in [0.1, 0.15) is 48.8 Å². The van der Waals surface area contributed by atoms with E-state index >= 15 is 0 Å². The molecule has 0 radical (unpaired) electrons. The summed E-state index contributed by atoms with van der Waals surface area (Å²) in [6.45, 7) is 2.71. The van der Waals surface area contributed by atoms with E-state index in [9.17, 15) is 45.6 Å². The van der Waals surface area contributed by atoms with Crippen LogP contribution in [0.5, 0.6) is 0 Å². The first kappa shape index (κ1) is 81.5. The van der Waals surface area contributed by atoms with E-state index in [4.69, 9.17) is 18.9 Å². The van der Waals surface area contributed by atoms with Gasteiger partial charge in [0.2, 0.25) is 5.91 Å². The highest BCUT2D eigenvalue weighted by atomic mass is 16.7. The zero-order valence-electron chi connectivity index (χ0n) is 55.7. The lowest BCUT2D eigenvalue weighted by atomic mass is 9.97. The second-order valence-corrected chi connectivity index (χ2v) is 25.3. The molecule has 0 aromatic carbocycles. The highest BCUT2D eigenvalue weighted by Crippen LogP contribution is 2.30. The average Bonchev–Trinajstić information content (AvgIpc) is 1.93. The summed E-state index contributed by atoms with van der Waals surface area (Å²) in [4.78, 5) is 13.3. The molecule has 2 saturated heterocycles. The Bertz CT molecular complexity index is 1750. The van der Waals surface area contributed by atoms with Crippen molar-refractivity contribution < 1.29 is 64.6 Å². The van der Waals surface area contributed by atoms with Gasteiger partial charge in [-0.1, -0.05) is 292 Å². The summed E-state index contributed by atoms with van der Waals surface area (Å²) in [5.74, 6) is -0.249. The fraction of sp³-hybridized carbons (Fsp3) is 0.824. The molecule has 2 rings (SSSR count). The van der Waals surface area contributed by atoms with Crippen LogP contribution in [0.3, 0.4) is 0 Å². The Kier molecular flexibility index (Phi) is 54.0. The maximum absolute atomic E-state index is 13.3. The first-order valence-electron chi connectivity index (χ1n) is 36.2.